The molecule has 12 heavy (non-hydrogen) atoms. The summed E-state index contributed by atoms with van der Waals surface area (Å²) in [6.07, 6.45) is 5.66. The lowest BCUT2D eigenvalue weighted by Crippen LogP contribution is -2.05. The summed E-state index contributed by atoms with van der Waals surface area (Å²) in [6, 6.07) is 0. The van der Waals surface area contributed by atoms with Gasteiger partial charge in [0, 0.05) is 11.8 Å². The lowest BCUT2D eigenvalue weighted by atomic mass is 9.95. The van der Waals surface area contributed by atoms with Gasteiger partial charge in [-0.2, -0.15) is 0 Å². The molecule has 0 aromatic carbocycles. The smallest absolute Gasteiger partial charge is 0.123 e. The number of carbonyl (C=O) groups is 2. The molecule has 70 valence electrons. The second-order valence-corrected chi connectivity index (χ2v) is 3.38. The average Bonchev–Trinajstić information content (AvgIpc) is 2.11. The van der Waals surface area contributed by atoms with Crippen LogP contribution in [0.1, 0.15) is 39.5 Å². The second-order valence-electron chi connectivity index (χ2n) is 3.38. The predicted molar refractivity (Wildman–Crippen MR) is 48.9 cm³/mol. The molecule has 0 saturated heterocycles. The van der Waals surface area contributed by atoms with E-state index in [-0.39, 0.29) is 11.8 Å². The molecule has 0 amide bonds. The molecule has 0 heterocycles. The SMILES string of the molecule is CCCC(C=O)CCC(C)C=O. The standard InChI is InChI=1S/C10H18O2/c1-3-4-10(8-12)6-5-9(2)7-11/h7-10H,3-6H2,1-2H3. The van der Waals surface area contributed by atoms with Crippen molar-refractivity contribution in [3.8, 4) is 0 Å². The molecule has 0 rings (SSSR count). The molecule has 2 unspecified atom stereocenters. The predicted octanol–water partition coefficient (Wildman–Crippen LogP) is 2.22. The number of hydrogen-bond acceptors (Lipinski definition) is 2. The first-order chi connectivity index (χ1) is 5.74. The van der Waals surface area contributed by atoms with Crippen LogP contribution in [0.25, 0.3) is 0 Å². The molecular formula is C10H18O2. The van der Waals surface area contributed by atoms with Crippen molar-refractivity contribution in [1.29, 1.82) is 0 Å². The maximum Gasteiger partial charge on any atom is 0.123 e. The van der Waals surface area contributed by atoms with Gasteiger partial charge in [0.2, 0.25) is 0 Å². The summed E-state index contributed by atoms with van der Waals surface area (Å²) < 4.78 is 0. The van der Waals surface area contributed by atoms with Gasteiger partial charge in [-0.25, -0.2) is 0 Å². The van der Waals surface area contributed by atoms with Crippen LogP contribution in [0.15, 0.2) is 0 Å². The van der Waals surface area contributed by atoms with Gasteiger partial charge in [-0.05, 0) is 19.3 Å². The van der Waals surface area contributed by atoms with Gasteiger partial charge in [0.25, 0.3) is 0 Å². The Labute approximate surface area is 74.3 Å². The Morgan fingerprint density at radius 3 is 2.17 bits per heavy atom. The summed E-state index contributed by atoms with van der Waals surface area (Å²) in [5.41, 5.74) is 0. The normalized spacial score (nSPS) is 15.2. The summed E-state index contributed by atoms with van der Waals surface area (Å²) in [5.74, 6) is 0.265. The lowest BCUT2D eigenvalue weighted by molar-refractivity contribution is -0.113. The highest BCUT2D eigenvalue weighted by Gasteiger charge is 2.08. The van der Waals surface area contributed by atoms with Crippen molar-refractivity contribution in [2.24, 2.45) is 11.8 Å². The molecule has 0 fully saturated rings. The number of hydrogen-bond donors (Lipinski definition) is 0. The first-order valence-electron chi connectivity index (χ1n) is 4.65. The summed E-state index contributed by atoms with van der Waals surface area (Å²) in [4.78, 5) is 20.8. The van der Waals surface area contributed by atoms with Crippen LogP contribution < -0.4 is 0 Å². The summed E-state index contributed by atoms with van der Waals surface area (Å²) >= 11 is 0. The Kier molecular flexibility index (Phi) is 6.63. The van der Waals surface area contributed by atoms with Gasteiger partial charge in [-0.1, -0.05) is 20.3 Å². The molecule has 2 atom stereocenters. The number of carbonyl (C=O) groups excluding carboxylic acids is 2. The average molecular weight is 170 g/mol. The van der Waals surface area contributed by atoms with Gasteiger partial charge in [0.15, 0.2) is 0 Å². The molecule has 0 aromatic heterocycles. The molecule has 0 aliphatic carbocycles. The highest BCUT2D eigenvalue weighted by Crippen LogP contribution is 2.14. The highest BCUT2D eigenvalue weighted by molar-refractivity contribution is 5.54. The molecule has 2 nitrogen and oxygen atoms in total. The topological polar surface area (TPSA) is 34.1 Å². The van der Waals surface area contributed by atoms with E-state index in [9.17, 15) is 9.59 Å². The molecule has 0 aliphatic rings. The van der Waals surface area contributed by atoms with Gasteiger partial charge in [-0.15, -0.1) is 0 Å². The van der Waals surface area contributed by atoms with E-state index in [4.69, 9.17) is 0 Å². The van der Waals surface area contributed by atoms with Gasteiger partial charge < -0.3 is 9.59 Å². The van der Waals surface area contributed by atoms with Crippen LogP contribution in [0.3, 0.4) is 0 Å². The monoisotopic (exact) mass is 170 g/mol. The van der Waals surface area contributed by atoms with E-state index in [1.807, 2.05) is 6.92 Å². The molecule has 2 heteroatoms. The van der Waals surface area contributed by atoms with Crippen LogP contribution in [-0.2, 0) is 9.59 Å². The Morgan fingerprint density at radius 2 is 1.75 bits per heavy atom. The van der Waals surface area contributed by atoms with E-state index in [1.165, 1.54) is 0 Å². The van der Waals surface area contributed by atoms with Gasteiger partial charge in [-0.3, -0.25) is 0 Å². The third kappa shape index (κ3) is 5.05. The van der Waals surface area contributed by atoms with E-state index in [0.717, 1.165) is 38.3 Å². The minimum absolute atomic E-state index is 0.101. The Morgan fingerprint density at radius 1 is 1.08 bits per heavy atom. The van der Waals surface area contributed by atoms with E-state index in [2.05, 4.69) is 6.92 Å². The fourth-order valence-corrected chi connectivity index (χ4v) is 1.20. The summed E-state index contributed by atoms with van der Waals surface area (Å²) in [7, 11) is 0. The minimum atomic E-state index is 0.101. The molecule has 0 spiro atoms. The van der Waals surface area contributed by atoms with Crippen LogP contribution in [-0.4, -0.2) is 12.6 Å². The Balaban J connectivity index is 3.56. The first kappa shape index (κ1) is 11.3. The number of rotatable bonds is 7. The molecule has 0 aromatic rings. The lowest BCUT2D eigenvalue weighted by Gasteiger charge is -2.09. The highest BCUT2D eigenvalue weighted by atomic mass is 16.1. The second kappa shape index (κ2) is 7.01. The molecule has 0 radical (unpaired) electrons. The van der Waals surface area contributed by atoms with Crippen molar-refractivity contribution in [3.05, 3.63) is 0 Å². The largest absolute Gasteiger partial charge is 0.303 e. The fourth-order valence-electron chi connectivity index (χ4n) is 1.20. The van der Waals surface area contributed by atoms with Crippen molar-refractivity contribution >= 4 is 12.6 Å². The fraction of sp³-hybridized carbons (Fsp3) is 0.800. The first-order valence-corrected chi connectivity index (χ1v) is 4.65. The van der Waals surface area contributed by atoms with Gasteiger partial charge >= 0.3 is 0 Å². The van der Waals surface area contributed by atoms with Crippen LogP contribution in [0.5, 0.6) is 0 Å². The third-order valence-electron chi connectivity index (χ3n) is 2.08. The zero-order valence-electron chi connectivity index (χ0n) is 7.95. The van der Waals surface area contributed by atoms with E-state index < -0.39 is 0 Å². The van der Waals surface area contributed by atoms with E-state index >= 15 is 0 Å². The molecule has 0 saturated carbocycles. The quantitative estimate of drug-likeness (QED) is 0.549. The van der Waals surface area contributed by atoms with Gasteiger partial charge in [0.05, 0.1) is 0 Å². The Bertz CT molecular complexity index is 132. The van der Waals surface area contributed by atoms with Crippen LogP contribution in [0.2, 0.25) is 0 Å². The zero-order valence-corrected chi connectivity index (χ0v) is 7.95. The van der Waals surface area contributed by atoms with Crippen LogP contribution >= 0.6 is 0 Å². The molecule has 0 N–H and O–H groups in total. The van der Waals surface area contributed by atoms with E-state index in [0.29, 0.717) is 0 Å². The van der Waals surface area contributed by atoms with Crippen molar-refractivity contribution in [3.63, 3.8) is 0 Å². The summed E-state index contributed by atoms with van der Waals surface area (Å²) in [5, 5.41) is 0. The van der Waals surface area contributed by atoms with Gasteiger partial charge in [0.1, 0.15) is 12.6 Å². The van der Waals surface area contributed by atoms with Crippen molar-refractivity contribution < 1.29 is 9.59 Å². The molecule has 0 aliphatic heterocycles. The van der Waals surface area contributed by atoms with Crippen LogP contribution in [0.4, 0.5) is 0 Å². The zero-order chi connectivity index (χ0) is 9.40. The number of aldehydes is 2. The van der Waals surface area contributed by atoms with Crippen LogP contribution in [0, 0.1) is 11.8 Å². The van der Waals surface area contributed by atoms with E-state index in [1.54, 1.807) is 0 Å². The third-order valence-corrected chi connectivity index (χ3v) is 2.08. The Hall–Kier alpha value is -0.660. The maximum atomic E-state index is 10.5. The van der Waals surface area contributed by atoms with Crippen molar-refractivity contribution in [2.45, 2.75) is 39.5 Å². The summed E-state index contributed by atoms with van der Waals surface area (Å²) in [6.45, 7) is 3.96. The molecule has 0 bridgehead atoms. The van der Waals surface area contributed by atoms with Crippen molar-refractivity contribution in [2.75, 3.05) is 0 Å². The maximum absolute atomic E-state index is 10.5. The molecular weight excluding hydrogens is 152 g/mol. The minimum Gasteiger partial charge on any atom is -0.303 e. The van der Waals surface area contributed by atoms with Crippen molar-refractivity contribution in [1.82, 2.24) is 0 Å².